The molecule has 73 heavy (non-hydrogen) atoms. The summed E-state index contributed by atoms with van der Waals surface area (Å²) in [5, 5.41) is 0. The highest BCUT2D eigenvalue weighted by molar-refractivity contribution is 7.93. The summed E-state index contributed by atoms with van der Waals surface area (Å²) in [6.45, 7) is 5.65. The van der Waals surface area contributed by atoms with Gasteiger partial charge in [0.05, 0.1) is 41.9 Å². The first-order valence-electron chi connectivity index (χ1n) is 24.4. The van der Waals surface area contributed by atoms with Crippen molar-refractivity contribution in [3.05, 3.63) is 222 Å². The Labute approximate surface area is 424 Å². The van der Waals surface area contributed by atoms with Crippen LogP contribution in [0, 0.1) is 0 Å². The van der Waals surface area contributed by atoms with Crippen LogP contribution in [0.25, 0.3) is 40.2 Å². The monoisotopic (exact) mass is 1010 g/mol. The van der Waals surface area contributed by atoms with Crippen LogP contribution in [0.3, 0.4) is 0 Å². The molecule has 0 radical (unpaired) electrons. The average molecular weight is 1010 g/mol. The zero-order chi connectivity index (χ0) is 51.4. The summed E-state index contributed by atoms with van der Waals surface area (Å²) in [7, 11) is -7.14. The topological polar surface area (TPSA) is 206 Å². The van der Waals surface area contributed by atoms with Gasteiger partial charge in [-0.1, -0.05) is 140 Å². The molecule has 15 heteroatoms. The first kappa shape index (κ1) is 50.3. The predicted octanol–water partition coefficient (Wildman–Crippen LogP) is 9.49. The van der Waals surface area contributed by atoms with Crippen molar-refractivity contribution in [3.8, 4) is 34.2 Å². The number of nitrogens with one attached hydrogen (secondary N) is 3. The Bertz CT molecular complexity index is 3740. The number of aromatic nitrogens is 6. The highest BCUT2D eigenvalue weighted by atomic mass is 32.2. The fourth-order valence-corrected chi connectivity index (χ4v) is 13.7. The van der Waals surface area contributed by atoms with E-state index in [-0.39, 0.29) is 29.5 Å². The van der Waals surface area contributed by atoms with E-state index in [2.05, 4.69) is 29.9 Å². The lowest BCUT2D eigenvalue weighted by Crippen LogP contribution is -2.45. The molecule has 0 spiro atoms. The molecular weight excluding hydrogens is 957 g/mol. The average Bonchev–Trinajstić information content (AvgIpc) is 3.42. The minimum atomic E-state index is -3.58. The van der Waals surface area contributed by atoms with E-state index in [1.165, 1.54) is 5.57 Å². The van der Waals surface area contributed by atoms with Gasteiger partial charge in [-0.15, -0.1) is 0 Å². The van der Waals surface area contributed by atoms with Gasteiger partial charge >= 0.3 is 0 Å². The van der Waals surface area contributed by atoms with E-state index in [1.807, 2.05) is 111 Å². The smallest absolute Gasteiger partial charge is 0.258 e. The third-order valence-corrected chi connectivity index (χ3v) is 19.5. The van der Waals surface area contributed by atoms with Gasteiger partial charge in [0, 0.05) is 27.8 Å². The van der Waals surface area contributed by atoms with E-state index in [0.717, 1.165) is 40.8 Å². The van der Waals surface area contributed by atoms with E-state index < -0.39 is 29.2 Å². The lowest BCUT2D eigenvalue weighted by Gasteiger charge is -2.36. The second kappa shape index (κ2) is 20.8. The zero-order valence-electron chi connectivity index (χ0n) is 40.9. The Balaban J connectivity index is 0.000000138. The summed E-state index contributed by atoms with van der Waals surface area (Å²) in [6.07, 6.45) is 6.40. The predicted molar refractivity (Wildman–Crippen MR) is 286 cm³/mol. The number of sulfone groups is 2. The molecule has 2 atom stereocenters. The molecule has 5 aromatic carbocycles. The van der Waals surface area contributed by atoms with Crippen LogP contribution in [0.15, 0.2) is 181 Å². The van der Waals surface area contributed by atoms with Crippen LogP contribution >= 0.6 is 0 Å². The molecule has 3 heterocycles. The van der Waals surface area contributed by atoms with Gasteiger partial charge in [-0.3, -0.25) is 14.4 Å². The summed E-state index contributed by atoms with van der Waals surface area (Å²) < 4.78 is 51.2. The number of hydrogen-bond donors (Lipinski definition) is 3. The Morgan fingerprint density at radius 3 is 1.34 bits per heavy atom. The molecule has 0 fully saturated rings. The number of H-pyrrole nitrogens is 3. The standard InChI is InChI=1S/C22H22N2O3S.C21H20N2O3S.C15H14N2O/c1-2-22(28(26,27)17-11-7-4-8-12-17)14-13-19-18(15-22)21(25)24-20(23-19)16-9-5-3-6-10-16;1-21(27(25,26)16-10-6-3-7-11-16)13-12-18-17(14-21)20(24)23-19(22-18)15-8-4-2-5-9-15;1-10-7-8-13-12(9-10)15(18)17-14(16-13)11-5-3-2-4-6-11/h3-12H,2,13-15H2,1H3,(H,23,24,25);2-11H,12-14H2,1H3,(H,22,23,24);2-6,9H,7-8H2,1H3,(H,16,17,18). The maximum Gasteiger partial charge on any atom is 0.258 e. The maximum absolute atomic E-state index is 13.4. The molecule has 0 amide bonds. The van der Waals surface area contributed by atoms with Crippen molar-refractivity contribution in [1.82, 2.24) is 29.9 Å². The number of aryl methyl sites for hydroxylation is 3. The van der Waals surface area contributed by atoms with Crippen molar-refractivity contribution in [2.75, 3.05) is 0 Å². The largest absolute Gasteiger partial charge is 0.306 e. The van der Waals surface area contributed by atoms with Crippen LogP contribution in [-0.4, -0.2) is 56.2 Å². The number of nitrogens with zero attached hydrogens (tertiary/aromatic N) is 3. The number of aromatic amines is 3. The van der Waals surface area contributed by atoms with Crippen LogP contribution < -0.4 is 16.7 Å². The molecule has 0 aliphatic heterocycles. The van der Waals surface area contributed by atoms with E-state index in [0.29, 0.717) is 81.9 Å². The Hall–Kier alpha value is -7.62. The second-order valence-corrected chi connectivity index (χ2v) is 23.8. The maximum atomic E-state index is 13.4. The molecule has 0 saturated carbocycles. The van der Waals surface area contributed by atoms with Crippen LogP contribution in [0.5, 0.6) is 0 Å². The lowest BCUT2D eigenvalue weighted by atomic mass is 9.84. The number of benzene rings is 5. The first-order valence-corrected chi connectivity index (χ1v) is 27.4. The third kappa shape index (κ3) is 10.2. The molecule has 11 rings (SSSR count). The Morgan fingerprint density at radius 1 is 0.479 bits per heavy atom. The van der Waals surface area contributed by atoms with E-state index >= 15 is 0 Å². The molecule has 0 bridgehead atoms. The van der Waals surface area contributed by atoms with Gasteiger partial charge in [-0.25, -0.2) is 31.8 Å². The van der Waals surface area contributed by atoms with Gasteiger partial charge in [-0.2, -0.15) is 0 Å². The highest BCUT2D eigenvalue weighted by Crippen LogP contribution is 2.40. The SMILES string of the molecule is CC1(S(=O)(=O)c2ccccc2)CCc2nc(-c3ccccc3)[nH]c(=O)c2C1.CC1=Cc2c(nc(-c3ccccc3)[nH]c2=O)CC1.CCC1(S(=O)(=O)c2ccccc2)CCc2nc(-c3ccccc3)[nH]c(=O)c2C1. The summed E-state index contributed by atoms with van der Waals surface area (Å²) in [6, 6.07) is 45.6. The van der Waals surface area contributed by atoms with Crippen molar-refractivity contribution < 1.29 is 16.8 Å². The number of rotatable bonds is 8. The number of allylic oxidation sites excluding steroid dienone is 1. The third-order valence-electron chi connectivity index (χ3n) is 14.3. The fourth-order valence-electron chi connectivity index (χ4n) is 9.85. The van der Waals surface area contributed by atoms with Crippen molar-refractivity contribution in [3.63, 3.8) is 0 Å². The summed E-state index contributed by atoms with van der Waals surface area (Å²) in [4.78, 5) is 60.6. The molecular formula is C58H56N6O7S2. The van der Waals surface area contributed by atoms with E-state index in [1.54, 1.807) is 67.6 Å². The van der Waals surface area contributed by atoms with Gasteiger partial charge < -0.3 is 15.0 Å². The van der Waals surface area contributed by atoms with Crippen LogP contribution in [0.2, 0.25) is 0 Å². The molecule has 3 N–H and O–H groups in total. The quantitative estimate of drug-likeness (QED) is 0.131. The highest BCUT2D eigenvalue weighted by Gasteiger charge is 2.47. The molecule has 8 aromatic rings. The van der Waals surface area contributed by atoms with Gasteiger partial charge in [-0.05, 0) is 102 Å². The minimum absolute atomic E-state index is 0.0436. The molecule has 3 aliphatic rings. The zero-order valence-corrected chi connectivity index (χ0v) is 42.5. The van der Waals surface area contributed by atoms with E-state index in [4.69, 9.17) is 0 Å². The normalized spacial score (nSPS) is 18.0. The summed E-state index contributed by atoms with van der Waals surface area (Å²) >= 11 is 0. The van der Waals surface area contributed by atoms with Gasteiger partial charge in [0.25, 0.3) is 16.7 Å². The Morgan fingerprint density at radius 2 is 0.877 bits per heavy atom. The van der Waals surface area contributed by atoms with Gasteiger partial charge in [0.2, 0.25) is 0 Å². The molecule has 3 aromatic heterocycles. The molecule has 13 nitrogen and oxygen atoms in total. The molecule has 3 aliphatic carbocycles. The molecule has 372 valence electrons. The number of hydrogen-bond acceptors (Lipinski definition) is 10. The van der Waals surface area contributed by atoms with Crippen LogP contribution in [-0.2, 0) is 51.8 Å². The second-order valence-electron chi connectivity index (χ2n) is 19.0. The van der Waals surface area contributed by atoms with Crippen LogP contribution in [0.4, 0.5) is 0 Å². The Kier molecular flexibility index (Phi) is 14.4. The van der Waals surface area contributed by atoms with Gasteiger partial charge in [0.1, 0.15) is 17.5 Å². The van der Waals surface area contributed by atoms with Crippen molar-refractivity contribution in [2.45, 2.75) is 97.8 Å². The van der Waals surface area contributed by atoms with Crippen LogP contribution in [0.1, 0.15) is 80.2 Å². The summed E-state index contributed by atoms with van der Waals surface area (Å²) in [5.41, 5.74) is 7.31. The van der Waals surface area contributed by atoms with Crippen molar-refractivity contribution in [1.29, 1.82) is 0 Å². The minimum Gasteiger partial charge on any atom is -0.306 e. The molecule has 0 saturated heterocycles. The molecule has 2 unspecified atom stereocenters. The van der Waals surface area contributed by atoms with Crippen molar-refractivity contribution in [2.24, 2.45) is 0 Å². The van der Waals surface area contributed by atoms with E-state index in [9.17, 15) is 31.2 Å². The summed E-state index contributed by atoms with van der Waals surface area (Å²) in [5.74, 6) is 1.71. The van der Waals surface area contributed by atoms with Gasteiger partial charge in [0.15, 0.2) is 19.7 Å². The fraction of sp³-hybridized carbons (Fsp3) is 0.241. The lowest BCUT2D eigenvalue weighted by molar-refractivity contribution is 0.438. The first-order chi connectivity index (χ1) is 35.1. The number of fused-ring (bicyclic) bond motifs is 3. The van der Waals surface area contributed by atoms with Crippen molar-refractivity contribution >= 4 is 25.8 Å².